The first kappa shape index (κ1) is 11.5. The number of carbonyl (C=O) groups is 2. The number of nitrogens with zero attached hydrogens (tertiary/aromatic N) is 1. The fourth-order valence-electron chi connectivity index (χ4n) is 1.60. The summed E-state index contributed by atoms with van der Waals surface area (Å²) in [5.74, 6) is -0.968. The van der Waals surface area contributed by atoms with Crippen LogP contribution in [0.4, 0.5) is 5.69 Å². The van der Waals surface area contributed by atoms with E-state index in [1.54, 1.807) is 18.2 Å². The quantitative estimate of drug-likeness (QED) is 0.611. The first-order valence-corrected chi connectivity index (χ1v) is 6.11. The first-order chi connectivity index (χ1) is 7.56. The molecule has 0 saturated heterocycles. The van der Waals surface area contributed by atoms with Gasteiger partial charge in [0.05, 0.1) is 11.3 Å². The Morgan fingerprint density at radius 2 is 1.88 bits per heavy atom. The number of halogens is 2. The van der Waals surface area contributed by atoms with Gasteiger partial charge in [0.15, 0.2) is 0 Å². The molecule has 1 aliphatic rings. The average molecular weight is 345 g/mol. The van der Waals surface area contributed by atoms with Crippen LogP contribution in [0.15, 0.2) is 33.7 Å². The number of ketones is 1. The molecule has 0 radical (unpaired) electrons. The van der Waals surface area contributed by atoms with Crippen molar-refractivity contribution in [1.82, 2.24) is 0 Å². The Balaban J connectivity index is 2.61. The van der Waals surface area contributed by atoms with Gasteiger partial charge in [0.1, 0.15) is 0 Å². The number of anilines is 1. The molecule has 3 nitrogen and oxygen atoms in total. The number of Topliss-reactive ketones (excluding diaryl/α,β-unsaturated/α-hetero) is 1. The van der Waals surface area contributed by atoms with Crippen molar-refractivity contribution in [2.24, 2.45) is 0 Å². The molecular weight excluding hydrogens is 338 g/mol. The number of benzene rings is 1. The van der Waals surface area contributed by atoms with Gasteiger partial charge >= 0.3 is 0 Å². The number of hydrogen-bond donors (Lipinski definition) is 0. The molecule has 2 rings (SSSR count). The van der Waals surface area contributed by atoms with Gasteiger partial charge in [0.25, 0.3) is 11.7 Å². The number of amides is 1. The van der Waals surface area contributed by atoms with Crippen molar-refractivity contribution >= 4 is 49.2 Å². The fraction of sp³-hybridized carbons (Fsp3) is 0.0909. The second-order valence-electron chi connectivity index (χ2n) is 3.32. The summed E-state index contributed by atoms with van der Waals surface area (Å²) >= 11 is 6.65. The van der Waals surface area contributed by atoms with Gasteiger partial charge < -0.3 is 4.90 Å². The van der Waals surface area contributed by atoms with Crippen LogP contribution in [-0.4, -0.2) is 18.2 Å². The molecule has 5 heteroatoms. The number of carbonyl (C=O) groups excluding carboxylic acids is 2. The van der Waals surface area contributed by atoms with Crippen LogP contribution >= 0.6 is 31.9 Å². The number of hydrogen-bond acceptors (Lipinski definition) is 2. The Bertz CT molecular complexity index is 511. The minimum atomic E-state index is -0.500. The predicted molar refractivity (Wildman–Crippen MR) is 68.7 cm³/mol. The van der Waals surface area contributed by atoms with E-state index in [4.69, 9.17) is 0 Å². The lowest BCUT2D eigenvalue weighted by molar-refractivity contribution is -0.114. The summed E-state index contributed by atoms with van der Waals surface area (Å²) in [4.78, 5) is 24.8. The number of rotatable bonds is 2. The van der Waals surface area contributed by atoms with Crippen LogP contribution in [0.25, 0.3) is 0 Å². The standard InChI is InChI=1S/C11H7Br2NO2/c1-2-3-14-9-5-8(13)7(12)4-6(9)10(15)11(14)16/h2,4-5H,1,3H2. The lowest BCUT2D eigenvalue weighted by Gasteiger charge is -2.14. The number of fused-ring (bicyclic) bond motifs is 1. The van der Waals surface area contributed by atoms with E-state index in [1.807, 2.05) is 0 Å². The first-order valence-electron chi connectivity index (χ1n) is 4.52. The van der Waals surface area contributed by atoms with Gasteiger partial charge in [-0.05, 0) is 44.0 Å². The fourth-order valence-corrected chi connectivity index (χ4v) is 2.27. The van der Waals surface area contributed by atoms with Crippen molar-refractivity contribution in [3.63, 3.8) is 0 Å². The molecule has 1 aromatic carbocycles. The maximum atomic E-state index is 11.7. The summed E-state index contributed by atoms with van der Waals surface area (Å²) in [5, 5.41) is 0. The van der Waals surface area contributed by atoms with E-state index >= 15 is 0 Å². The van der Waals surface area contributed by atoms with E-state index < -0.39 is 11.7 Å². The third kappa shape index (κ3) is 1.64. The van der Waals surface area contributed by atoms with E-state index in [-0.39, 0.29) is 0 Å². The molecule has 0 aliphatic carbocycles. The zero-order valence-electron chi connectivity index (χ0n) is 8.17. The molecule has 1 aromatic rings. The van der Waals surface area contributed by atoms with E-state index in [1.165, 1.54) is 4.90 Å². The van der Waals surface area contributed by atoms with Crippen LogP contribution in [0.3, 0.4) is 0 Å². The Kier molecular flexibility index (Phi) is 2.99. The Morgan fingerprint density at radius 3 is 2.50 bits per heavy atom. The van der Waals surface area contributed by atoms with Crippen molar-refractivity contribution in [3.05, 3.63) is 39.3 Å². The van der Waals surface area contributed by atoms with Crippen molar-refractivity contribution in [3.8, 4) is 0 Å². The van der Waals surface area contributed by atoms with Gasteiger partial charge in [-0.1, -0.05) is 6.08 Å². The predicted octanol–water partition coefficient (Wildman–Crippen LogP) is 2.93. The molecule has 0 N–H and O–H groups in total. The molecule has 82 valence electrons. The topological polar surface area (TPSA) is 37.4 Å². The van der Waals surface area contributed by atoms with Crippen LogP contribution < -0.4 is 4.90 Å². The summed E-state index contributed by atoms with van der Waals surface area (Å²) in [5.41, 5.74) is 1.06. The lowest BCUT2D eigenvalue weighted by Crippen LogP contribution is -2.29. The van der Waals surface area contributed by atoms with E-state index in [0.717, 1.165) is 8.95 Å². The molecule has 16 heavy (non-hydrogen) atoms. The monoisotopic (exact) mass is 343 g/mol. The van der Waals surface area contributed by atoms with Crippen LogP contribution in [-0.2, 0) is 4.79 Å². The highest BCUT2D eigenvalue weighted by atomic mass is 79.9. The Morgan fingerprint density at radius 1 is 1.25 bits per heavy atom. The zero-order chi connectivity index (χ0) is 11.9. The van der Waals surface area contributed by atoms with Gasteiger partial charge in [-0.15, -0.1) is 6.58 Å². The van der Waals surface area contributed by atoms with Gasteiger partial charge in [-0.25, -0.2) is 0 Å². The second kappa shape index (κ2) is 4.14. The third-order valence-electron chi connectivity index (χ3n) is 2.33. The highest BCUT2D eigenvalue weighted by Crippen LogP contribution is 2.36. The SMILES string of the molecule is C=CCN1C(=O)C(=O)c2cc(Br)c(Br)cc21. The van der Waals surface area contributed by atoms with Gasteiger partial charge in [-0.3, -0.25) is 9.59 Å². The van der Waals surface area contributed by atoms with Crippen LogP contribution in [0.2, 0.25) is 0 Å². The van der Waals surface area contributed by atoms with E-state index in [2.05, 4.69) is 38.4 Å². The second-order valence-corrected chi connectivity index (χ2v) is 5.03. The average Bonchev–Trinajstić information content (AvgIpc) is 2.46. The largest absolute Gasteiger partial charge is 0.301 e. The molecule has 0 bridgehead atoms. The van der Waals surface area contributed by atoms with Crippen LogP contribution in [0.1, 0.15) is 10.4 Å². The Labute approximate surface area is 109 Å². The molecule has 0 unspecified atom stereocenters. The van der Waals surface area contributed by atoms with Gasteiger partial charge in [-0.2, -0.15) is 0 Å². The smallest absolute Gasteiger partial charge is 0.299 e. The summed E-state index contributed by atoms with van der Waals surface area (Å²) in [6.07, 6.45) is 1.59. The van der Waals surface area contributed by atoms with E-state index in [0.29, 0.717) is 17.8 Å². The summed E-state index contributed by atoms with van der Waals surface area (Å²) in [7, 11) is 0. The van der Waals surface area contributed by atoms with Crippen molar-refractivity contribution in [2.75, 3.05) is 11.4 Å². The molecule has 1 heterocycles. The molecule has 0 aromatic heterocycles. The van der Waals surface area contributed by atoms with Crippen molar-refractivity contribution < 1.29 is 9.59 Å². The molecule has 0 atom stereocenters. The summed E-state index contributed by atoms with van der Waals surface area (Å²) < 4.78 is 1.57. The van der Waals surface area contributed by atoms with Crippen LogP contribution in [0, 0.1) is 0 Å². The lowest BCUT2D eigenvalue weighted by atomic mass is 10.1. The molecule has 1 aliphatic heterocycles. The third-order valence-corrected chi connectivity index (χ3v) is 4.17. The normalized spacial score (nSPS) is 14.2. The zero-order valence-corrected chi connectivity index (χ0v) is 11.3. The molecule has 0 fully saturated rings. The Hall–Kier alpha value is -0.940. The minimum absolute atomic E-state index is 0.339. The highest BCUT2D eigenvalue weighted by molar-refractivity contribution is 9.13. The van der Waals surface area contributed by atoms with Crippen molar-refractivity contribution in [1.29, 1.82) is 0 Å². The van der Waals surface area contributed by atoms with E-state index in [9.17, 15) is 9.59 Å². The molecule has 0 spiro atoms. The van der Waals surface area contributed by atoms with Gasteiger partial charge in [0, 0.05) is 15.5 Å². The molecule has 1 amide bonds. The van der Waals surface area contributed by atoms with Gasteiger partial charge in [0.2, 0.25) is 0 Å². The maximum Gasteiger partial charge on any atom is 0.299 e. The highest BCUT2D eigenvalue weighted by Gasteiger charge is 2.35. The summed E-state index contributed by atoms with van der Waals surface area (Å²) in [6, 6.07) is 3.41. The minimum Gasteiger partial charge on any atom is -0.301 e. The van der Waals surface area contributed by atoms with Crippen molar-refractivity contribution in [2.45, 2.75) is 0 Å². The molecule has 0 saturated carbocycles. The molecular formula is C11H7Br2NO2. The summed E-state index contributed by atoms with van der Waals surface area (Å²) in [6.45, 7) is 3.91. The maximum absolute atomic E-state index is 11.7. The van der Waals surface area contributed by atoms with Crippen LogP contribution in [0.5, 0.6) is 0 Å².